The van der Waals surface area contributed by atoms with Gasteiger partial charge in [-0.25, -0.2) is 4.98 Å². The summed E-state index contributed by atoms with van der Waals surface area (Å²) in [6, 6.07) is 16.2. The van der Waals surface area contributed by atoms with Gasteiger partial charge in [0.25, 0.3) is 5.56 Å². The first-order chi connectivity index (χ1) is 11.1. The van der Waals surface area contributed by atoms with Gasteiger partial charge < -0.3 is 0 Å². The summed E-state index contributed by atoms with van der Waals surface area (Å²) in [7, 11) is 0. The molecule has 0 aliphatic rings. The van der Waals surface area contributed by atoms with Crippen molar-refractivity contribution in [2.75, 3.05) is 0 Å². The van der Waals surface area contributed by atoms with Gasteiger partial charge in [0.15, 0.2) is 0 Å². The Morgan fingerprint density at radius 2 is 1.74 bits per heavy atom. The number of aryl methyl sites for hydroxylation is 2. The Labute approximate surface area is 132 Å². The van der Waals surface area contributed by atoms with Crippen molar-refractivity contribution in [1.29, 1.82) is 0 Å². The first-order valence-corrected chi connectivity index (χ1v) is 7.71. The highest BCUT2D eigenvalue weighted by Gasteiger charge is 2.16. The van der Waals surface area contributed by atoms with Gasteiger partial charge in [-0.15, -0.1) is 0 Å². The van der Waals surface area contributed by atoms with E-state index in [-0.39, 0.29) is 5.56 Å². The summed E-state index contributed by atoms with van der Waals surface area (Å²) < 4.78 is 1.76. The lowest BCUT2D eigenvalue weighted by atomic mass is 9.99. The van der Waals surface area contributed by atoms with Gasteiger partial charge >= 0.3 is 0 Å². The van der Waals surface area contributed by atoms with Crippen molar-refractivity contribution < 1.29 is 0 Å². The average Bonchev–Trinajstić information content (AvgIpc) is 2.93. The summed E-state index contributed by atoms with van der Waals surface area (Å²) in [4.78, 5) is 17.9. The number of benzene rings is 3. The molecule has 3 aromatic carbocycles. The third-order valence-electron chi connectivity index (χ3n) is 4.74. The van der Waals surface area contributed by atoms with E-state index in [1.807, 2.05) is 37.3 Å². The Kier molecular flexibility index (Phi) is 2.23. The topological polar surface area (TPSA) is 34.4 Å². The van der Waals surface area contributed by atoms with E-state index in [0.717, 1.165) is 43.8 Å². The molecule has 0 bridgehead atoms. The summed E-state index contributed by atoms with van der Waals surface area (Å²) in [6.07, 6.45) is 0. The lowest BCUT2D eigenvalue weighted by Gasteiger charge is -2.09. The lowest BCUT2D eigenvalue weighted by molar-refractivity contribution is 1.19. The minimum absolute atomic E-state index is 0.0109. The predicted octanol–water partition coefficient (Wildman–Crippen LogP) is 4.21. The Bertz CT molecular complexity index is 1300. The molecule has 0 saturated carbocycles. The summed E-state index contributed by atoms with van der Waals surface area (Å²) in [5.41, 5.74) is 4.81. The molecule has 0 spiro atoms. The molecule has 3 heteroatoms. The molecule has 0 aliphatic heterocycles. The number of pyridine rings is 1. The van der Waals surface area contributed by atoms with Crippen LogP contribution >= 0.6 is 0 Å². The second kappa shape index (κ2) is 4.07. The van der Waals surface area contributed by atoms with Crippen molar-refractivity contribution in [1.82, 2.24) is 9.38 Å². The molecular formula is C20H14N2O. The van der Waals surface area contributed by atoms with Gasteiger partial charge in [0, 0.05) is 16.2 Å². The molecule has 2 heterocycles. The molecule has 0 aliphatic carbocycles. The average molecular weight is 298 g/mol. The van der Waals surface area contributed by atoms with Crippen molar-refractivity contribution >= 4 is 38.2 Å². The number of rotatable bonds is 0. The normalized spacial score (nSPS) is 12.1. The maximum atomic E-state index is 13.1. The highest BCUT2D eigenvalue weighted by Crippen LogP contribution is 2.31. The zero-order valence-corrected chi connectivity index (χ0v) is 12.9. The van der Waals surface area contributed by atoms with E-state index in [1.165, 1.54) is 5.56 Å². The van der Waals surface area contributed by atoms with Crippen LogP contribution in [0.15, 0.2) is 53.3 Å². The minimum atomic E-state index is 0.0109. The molecule has 0 saturated heterocycles. The van der Waals surface area contributed by atoms with E-state index in [0.29, 0.717) is 0 Å². The second-order valence-electron chi connectivity index (χ2n) is 6.23. The van der Waals surface area contributed by atoms with Gasteiger partial charge in [-0.3, -0.25) is 9.20 Å². The fourth-order valence-corrected chi connectivity index (χ4v) is 3.61. The van der Waals surface area contributed by atoms with E-state index >= 15 is 0 Å². The molecule has 2 aromatic heterocycles. The van der Waals surface area contributed by atoms with E-state index in [1.54, 1.807) is 4.40 Å². The third-order valence-corrected chi connectivity index (χ3v) is 4.74. The second-order valence-corrected chi connectivity index (χ2v) is 6.23. The zero-order valence-electron chi connectivity index (χ0n) is 12.9. The van der Waals surface area contributed by atoms with Crippen molar-refractivity contribution in [2.24, 2.45) is 0 Å². The van der Waals surface area contributed by atoms with Crippen LogP contribution in [0.1, 0.15) is 11.1 Å². The number of nitrogens with zero attached hydrogens (tertiary/aromatic N) is 2. The van der Waals surface area contributed by atoms with Crippen molar-refractivity contribution in [2.45, 2.75) is 13.8 Å². The molecule has 5 rings (SSSR count). The number of fused-ring (bicyclic) bond motifs is 4. The van der Waals surface area contributed by atoms with Crippen molar-refractivity contribution in [3.05, 3.63) is 70.0 Å². The molecule has 3 nitrogen and oxygen atoms in total. The van der Waals surface area contributed by atoms with Gasteiger partial charge in [-0.05, 0) is 48.6 Å². The Morgan fingerprint density at radius 3 is 2.61 bits per heavy atom. The molecule has 23 heavy (non-hydrogen) atoms. The molecule has 0 amide bonds. The number of hydrogen-bond acceptors (Lipinski definition) is 2. The first-order valence-electron chi connectivity index (χ1n) is 7.71. The van der Waals surface area contributed by atoms with Crippen molar-refractivity contribution in [3.8, 4) is 0 Å². The fraction of sp³-hybridized carbons (Fsp3) is 0.100. The molecule has 110 valence electrons. The van der Waals surface area contributed by atoms with E-state index in [9.17, 15) is 4.79 Å². The lowest BCUT2D eigenvalue weighted by Crippen LogP contribution is -2.13. The van der Waals surface area contributed by atoms with Crippen LogP contribution in [0.5, 0.6) is 0 Å². The highest BCUT2D eigenvalue weighted by atomic mass is 16.1. The van der Waals surface area contributed by atoms with Crippen molar-refractivity contribution in [3.63, 3.8) is 0 Å². The smallest absolute Gasteiger partial charge is 0.264 e. The van der Waals surface area contributed by atoms with Gasteiger partial charge in [0.2, 0.25) is 0 Å². The number of aromatic nitrogens is 2. The maximum Gasteiger partial charge on any atom is 0.264 e. The third kappa shape index (κ3) is 1.49. The van der Waals surface area contributed by atoms with Gasteiger partial charge in [-0.2, -0.15) is 0 Å². The first kappa shape index (κ1) is 12.6. The Hall–Kier alpha value is -2.94. The predicted molar refractivity (Wildman–Crippen MR) is 94.6 cm³/mol. The minimum Gasteiger partial charge on any atom is -0.268 e. The summed E-state index contributed by atoms with van der Waals surface area (Å²) in [6.45, 7) is 4.11. The molecule has 5 aromatic rings. The Morgan fingerprint density at radius 1 is 0.913 bits per heavy atom. The van der Waals surface area contributed by atoms with Crippen LogP contribution in [0.3, 0.4) is 0 Å². The van der Waals surface area contributed by atoms with Crippen LogP contribution in [-0.4, -0.2) is 9.38 Å². The van der Waals surface area contributed by atoms with Crippen LogP contribution in [0.4, 0.5) is 0 Å². The summed E-state index contributed by atoms with van der Waals surface area (Å²) in [5, 5.41) is 3.95. The summed E-state index contributed by atoms with van der Waals surface area (Å²) >= 11 is 0. The largest absolute Gasteiger partial charge is 0.268 e. The van der Waals surface area contributed by atoms with Gasteiger partial charge in [-0.1, -0.05) is 30.3 Å². The molecule has 0 atom stereocenters. The quantitative estimate of drug-likeness (QED) is 0.429. The Balaban J connectivity index is 2.22. The maximum absolute atomic E-state index is 13.1. The molecule has 0 N–H and O–H groups in total. The highest BCUT2D eigenvalue weighted by molar-refractivity contribution is 6.16. The molecular weight excluding hydrogens is 284 g/mol. The molecule has 0 radical (unpaired) electrons. The van der Waals surface area contributed by atoms with Gasteiger partial charge in [0.1, 0.15) is 5.65 Å². The summed E-state index contributed by atoms with van der Waals surface area (Å²) in [5.74, 6) is 0. The van der Waals surface area contributed by atoms with Gasteiger partial charge in [0.05, 0.1) is 11.0 Å². The van der Waals surface area contributed by atoms with Crippen LogP contribution in [-0.2, 0) is 0 Å². The fourth-order valence-electron chi connectivity index (χ4n) is 3.61. The SMILES string of the molecule is Cc1ccc2nc3c4ccc(C)c5cccc(c(=O)n3c2c1)c54. The van der Waals surface area contributed by atoms with Crippen LogP contribution in [0, 0.1) is 13.8 Å². The van der Waals surface area contributed by atoms with E-state index in [4.69, 9.17) is 4.98 Å². The number of hydrogen-bond donors (Lipinski definition) is 0. The monoisotopic (exact) mass is 298 g/mol. The van der Waals surface area contributed by atoms with Crippen LogP contribution in [0.2, 0.25) is 0 Å². The van der Waals surface area contributed by atoms with Crippen LogP contribution in [0.25, 0.3) is 38.2 Å². The number of imidazole rings is 1. The zero-order chi connectivity index (χ0) is 15.7. The standard InChI is InChI=1S/C20H14N2O/c1-11-6-9-16-17(10-11)22-19(21-16)14-8-7-12(2)13-4-3-5-15(18(13)14)20(22)23/h3-10H,1-2H3. The van der Waals surface area contributed by atoms with E-state index < -0.39 is 0 Å². The molecule has 0 fully saturated rings. The molecule has 0 unspecified atom stereocenters. The van der Waals surface area contributed by atoms with E-state index in [2.05, 4.69) is 25.1 Å². The van der Waals surface area contributed by atoms with Crippen LogP contribution < -0.4 is 5.56 Å².